The lowest BCUT2D eigenvalue weighted by atomic mass is 9.85. The molecule has 1 saturated heterocycles. The molecule has 3 N–H and O–H groups in total. The third-order valence-electron chi connectivity index (χ3n) is 7.19. The number of halogens is 2. The SMILES string of the molecule is O=C(NCCCNc1nc(Nc2ccc(CN3CCCC(F)(F)C3)nc2)ncc1C1CC1)C1CCC1. The summed E-state index contributed by atoms with van der Waals surface area (Å²) >= 11 is 0. The van der Waals surface area contributed by atoms with Crippen molar-refractivity contribution in [1.29, 1.82) is 0 Å². The van der Waals surface area contributed by atoms with Gasteiger partial charge in [0.05, 0.1) is 24.1 Å². The first-order valence-electron chi connectivity index (χ1n) is 13.2. The van der Waals surface area contributed by atoms with Gasteiger partial charge in [-0.15, -0.1) is 0 Å². The Hall–Kier alpha value is -2.88. The predicted octanol–water partition coefficient (Wildman–Crippen LogP) is 4.44. The van der Waals surface area contributed by atoms with Crippen LogP contribution in [0.5, 0.6) is 0 Å². The minimum Gasteiger partial charge on any atom is -0.370 e. The summed E-state index contributed by atoms with van der Waals surface area (Å²) in [5.41, 5.74) is 2.63. The molecule has 36 heavy (non-hydrogen) atoms. The smallest absolute Gasteiger partial charge is 0.260 e. The number of hydrogen-bond donors (Lipinski definition) is 3. The minimum atomic E-state index is -2.61. The van der Waals surface area contributed by atoms with Gasteiger partial charge in [0.2, 0.25) is 11.9 Å². The van der Waals surface area contributed by atoms with Crippen molar-refractivity contribution in [2.45, 2.75) is 69.8 Å². The summed E-state index contributed by atoms with van der Waals surface area (Å²) in [6.07, 6.45) is 10.4. The number of alkyl halides is 2. The van der Waals surface area contributed by atoms with Crippen LogP contribution in [-0.2, 0) is 11.3 Å². The van der Waals surface area contributed by atoms with Gasteiger partial charge in [-0.3, -0.25) is 14.7 Å². The molecule has 3 fully saturated rings. The summed E-state index contributed by atoms with van der Waals surface area (Å²) in [7, 11) is 0. The highest BCUT2D eigenvalue weighted by Crippen LogP contribution is 2.42. The Bertz CT molecular complexity index is 1040. The summed E-state index contributed by atoms with van der Waals surface area (Å²) in [5, 5.41) is 9.66. The van der Waals surface area contributed by atoms with E-state index in [1.807, 2.05) is 18.3 Å². The van der Waals surface area contributed by atoms with Crippen molar-refractivity contribution in [3.05, 3.63) is 35.8 Å². The number of piperidine rings is 1. The minimum absolute atomic E-state index is 0.0346. The number of nitrogens with zero attached hydrogens (tertiary/aromatic N) is 4. The average Bonchev–Trinajstić information content (AvgIpc) is 3.64. The molecule has 0 atom stereocenters. The monoisotopic (exact) mass is 499 g/mol. The summed E-state index contributed by atoms with van der Waals surface area (Å²) in [6, 6.07) is 3.73. The second kappa shape index (κ2) is 11.0. The van der Waals surface area contributed by atoms with Gasteiger partial charge in [0.1, 0.15) is 5.82 Å². The van der Waals surface area contributed by atoms with Crippen molar-refractivity contribution in [3.8, 4) is 0 Å². The summed E-state index contributed by atoms with van der Waals surface area (Å²) < 4.78 is 27.3. The predicted molar refractivity (Wildman–Crippen MR) is 134 cm³/mol. The van der Waals surface area contributed by atoms with E-state index >= 15 is 0 Å². The van der Waals surface area contributed by atoms with Crippen LogP contribution in [0.2, 0.25) is 0 Å². The van der Waals surface area contributed by atoms with E-state index in [0.717, 1.165) is 61.3 Å². The Morgan fingerprint density at radius 3 is 2.64 bits per heavy atom. The van der Waals surface area contributed by atoms with Crippen molar-refractivity contribution >= 4 is 23.4 Å². The van der Waals surface area contributed by atoms with Crippen molar-refractivity contribution in [2.24, 2.45) is 5.92 Å². The molecule has 3 aliphatic rings. The number of hydrogen-bond acceptors (Lipinski definition) is 7. The molecule has 8 nitrogen and oxygen atoms in total. The third kappa shape index (κ3) is 6.66. The number of rotatable bonds is 11. The van der Waals surface area contributed by atoms with E-state index in [2.05, 4.69) is 25.9 Å². The normalized spacial score (nSPS) is 19.9. The number of nitrogens with one attached hydrogen (secondary N) is 3. The fourth-order valence-corrected chi connectivity index (χ4v) is 4.74. The van der Waals surface area contributed by atoms with E-state index < -0.39 is 5.92 Å². The fourth-order valence-electron chi connectivity index (χ4n) is 4.74. The number of carbonyl (C=O) groups excluding carboxylic acids is 1. The topological polar surface area (TPSA) is 95.1 Å². The zero-order valence-corrected chi connectivity index (χ0v) is 20.6. The Morgan fingerprint density at radius 2 is 1.94 bits per heavy atom. The van der Waals surface area contributed by atoms with E-state index in [1.165, 1.54) is 0 Å². The molecular formula is C26H35F2N7O. The lowest BCUT2D eigenvalue weighted by molar-refractivity contribution is -0.127. The molecule has 3 heterocycles. The maximum atomic E-state index is 13.7. The number of anilines is 3. The van der Waals surface area contributed by atoms with Crippen molar-refractivity contribution < 1.29 is 13.6 Å². The van der Waals surface area contributed by atoms with Gasteiger partial charge in [-0.1, -0.05) is 6.42 Å². The molecule has 2 saturated carbocycles. The molecule has 2 aliphatic carbocycles. The Balaban J connectivity index is 1.13. The van der Waals surface area contributed by atoms with Crippen molar-refractivity contribution in [3.63, 3.8) is 0 Å². The van der Waals surface area contributed by atoms with E-state index in [0.29, 0.717) is 44.5 Å². The molecule has 0 unspecified atom stereocenters. The van der Waals surface area contributed by atoms with E-state index in [1.54, 1.807) is 11.1 Å². The van der Waals surface area contributed by atoms with Gasteiger partial charge >= 0.3 is 0 Å². The highest BCUT2D eigenvalue weighted by atomic mass is 19.3. The fraction of sp³-hybridized carbons (Fsp3) is 0.615. The van der Waals surface area contributed by atoms with E-state index in [9.17, 15) is 13.6 Å². The van der Waals surface area contributed by atoms with E-state index in [-0.39, 0.29) is 24.8 Å². The van der Waals surface area contributed by atoms with Crippen LogP contribution in [-0.4, -0.2) is 57.9 Å². The first kappa shape index (κ1) is 24.8. The maximum Gasteiger partial charge on any atom is 0.260 e. The summed E-state index contributed by atoms with van der Waals surface area (Å²) in [4.78, 5) is 27.4. The molecule has 0 spiro atoms. The zero-order valence-electron chi connectivity index (χ0n) is 20.6. The molecule has 194 valence electrons. The molecule has 1 amide bonds. The number of likely N-dealkylation sites (tertiary alicyclic amines) is 1. The maximum absolute atomic E-state index is 13.7. The summed E-state index contributed by atoms with van der Waals surface area (Å²) in [6.45, 7) is 2.24. The van der Waals surface area contributed by atoms with Crippen LogP contribution in [0.3, 0.4) is 0 Å². The van der Waals surface area contributed by atoms with Crippen LogP contribution >= 0.6 is 0 Å². The molecule has 0 radical (unpaired) electrons. The van der Waals surface area contributed by atoms with Gasteiger partial charge in [-0.05, 0) is 63.1 Å². The molecular weight excluding hydrogens is 464 g/mol. The summed E-state index contributed by atoms with van der Waals surface area (Å²) in [5.74, 6) is -0.404. The second-order valence-electron chi connectivity index (χ2n) is 10.3. The Morgan fingerprint density at radius 1 is 1.08 bits per heavy atom. The van der Waals surface area contributed by atoms with Crippen LogP contribution in [0.4, 0.5) is 26.2 Å². The van der Waals surface area contributed by atoms with Gasteiger partial charge in [0, 0.05) is 43.7 Å². The van der Waals surface area contributed by atoms with Crippen molar-refractivity contribution in [2.75, 3.05) is 36.8 Å². The van der Waals surface area contributed by atoms with Gasteiger partial charge in [-0.2, -0.15) is 4.98 Å². The molecule has 1 aliphatic heterocycles. The standard InChI is InChI=1S/C26H35F2N7O/c27-26(28)10-2-13-35(17-26)16-21-9-8-20(14-31-21)33-25-32-15-22(18-6-7-18)23(34-25)29-11-3-12-30-24(36)19-4-1-5-19/h8-9,14-15,18-19H,1-7,10-13,16-17H2,(H,30,36)(H2,29,32,33,34). The van der Waals surface area contributed by atoms with Crippen LogP contribution < -0.4 is 16.0 Å². The Kier molecular flexibility index (Phi) is 7.59. The lowest BCUT2D eigenvalue weighted by Gasteiger charge is -2.32. The van der Waals surface area contributed by atoms with Gasteiger partial charge in [0.15, 0.2) is 0 Å². The number of carbonyl (C=O) groups is 1. The Labute approximate surface area is 210 Å². The van der Waals surface area contributed by atoms with Gasteiger partial charge in [-0.25, -0.2) is 13.8 Å². The third-order valence-corrected chi connectivity index (χ3v) is 7.19. The van der Waals surface area contributed by atoms with Crippen molar-refractivity contribution in [1.82, 2.24) is 25.2 Å². The lowest BCUT2D eigenvalue weighted by Crippen LogP contribution is -2.42. The first-order chi connectivity index (χ1) is 17.4. The molecule has 0 bridgehead atoms. The number of aromatic nitrogens is 3. The van der Waals surface area contributed by atoms with Gasteiger partial charge in [0.25, 0.3) is 5.92 Å². The number of amides is 1. The zero-order chi connectivity index (χ0) is 25.0. The average molecular weight is 500 g/mol. The molecule has 0 aromatic carbocycles. The first-order valence-corrected chi connectivity index (χ1v) is 13.2. The molecule has 10 heteroatoms. The quantitative estimate of drug-likeness (QED) is 0.394. The van der Waals surface area contributed by atoms with Gasteiger partial charge < -0.3 is 16.0 Å². The highest BCUT2D eigenvalue weighted by molar-refractivity contribution is 5.79. The van der Waals surface area contributed by atoms with E-state index in [4.69, 9.17) is 4.98 Å². The number of pyridine rings is 1. The van der Waals surface area contributed by atoms with Crippen LogP contribution in [0.25, 0.3) is 0 Å². The highest BCUT2D eigenvalue weighted by Gasteiger charge is 2.35. The van der Waals surface area contributed by atoms with Crippen LogP contribution in [0, 0.1) is 5.92 Å². The molecule has 5 rings (SSSR count). The van der Waals surface area contributed by atoms with Crippen LogP contribution in [0.15, 0.2) is 24.5 Å². The molecule has 2 aromatic heterocycles. The largest absolute Gasteiger partial charge is 0.370 e. The second-order valence-corrected chi connectivity index (χ2v) is 10.3. The van der Waals surface area contributed by atoms with Crippen LogP contribution in [0.1, 0.15) is 68.5 Å². The molecule has 2 aromatic rings.